The van der Waals surface area contributed by atoms with Gasteiger partial charge in [-0.2, -0.15) is 5.01 Å². The molecule has 24 heavy (non-hydrogen) atoms. The number of aromatic nitrogens is 2. The van der Waals surface area contributed by atoms with Gasteiger partial charge in [0.1, 0.15) is 11.9 Å². The van der Waals surface area contributed by atoms with Gasteiger partial charge in [-0.25, -0.2) is 14.8 Å². The zero-order valence-corrected chi connectivity index (χ0v) is 13.7. The lowest BCUT2D eigenvalue weighted by atomic mass is 10.00. The SMILES string of the molecule is CCC1(C)NC(=O)N(NC(=O)CN2CCc3cncnc3C2)C1=O. The van der Waals surface area contributed by atoms with Crippen LogP contribution < -0.4 is 10.7 Å². The molecule has 1 aromatic rings. The number of carbonyl (C=O) groups is 3. The number of hydrogen-bond acceptors (Lipinski definition) is 6. The van der Waals surface area contributed by atoms with E-state index in [0.29, 0.717) is 19.5 Å². The first-order valence-electron chi connectivity index (χ1n) is 7.89. The monoisotopic (exact) mass is 332 g/mol. The number of imide groups is 1. The molecule has 1 fully saturated rings. The molecule has 3 rings (SSSR count). The first kappa shape index (κ1) is 16.3. The summed E-state index contributed by atoms with van der Waals surface area (Å²) in [5.74, 6) is -0.851. The van der Waals surface area contributed by atoms with Gasteiger partial charge in [0.05, 0.1) is 12.2 Å². The Bertz CT molecular complexity index is 694. The van der Waals surface area contributed by atoms with E-state index < -0.39 is 23.4 Å². The Morgan fingerprint density at radius 3 is 2.96 bits per heavy atom. The Morgan fingerprint density at radius 2 is 2.25 bits per heavy atom. The summed E-state index contributed by atoms with van der Waals surface area (Å²) in [5, 5.41) is 3.36. The number of hydrogen-bond donors (Lipinski definition) is 2. The van der Waals surface area contributed by atoms with Crippen molar-refractivity contribution in [1.82, 2.24) is 30.6 Å². The van der Waals surface area contributed by atoms with Crippen LogP contribution in [0.3, 0.4) is 0 Å². The molecule has 2 N–H and O–H groups in total. The highest BCUT2D eigenvalue weighted by molar-refractivity contribution is 6.07. The highest BCUT2D eigenvalue weighted by Gasteiger charge is 2.47. The Hall–Kier alpha value is -2.55. The van der Waals surface area contributed by atoms with E-state index in [-0.39, 0.29) is 6.54 Å². The average Bonchev–Trinajstić information content (AvgIpc) is 2.78. The molecule has 1 atom stereocenters. The van der Waals surface area contributed by atoms with Crippen LogP contribution in [0.25, 0.3) is 0 Å². The van der Waals surface area contributed by atoms with Gasteiger partial charge < -0.3 is 5.32 Å². The maximum atomic E-state index is 12.3. The van der Waals surface area contributed by atoms with Crippen LogP contribution in [0.5, 0.6) is 0 Å². The molecule has 9 nitrogen and oxygen atoms in total. The molecule has 0 bridgehead atoms. The van der Waals surface area contributed by atoms with Crippen molar-refractivity contribution in [3.05, 3.63) is 23.8 Å². The van der Waals surface area contributed by atoms with Crippen LogP contribution in [0, 0.1) is 0 Å². The van der Waals surface area contributed by atoms with Gasteiger partial charge in [-0.1, -0.05) is 6.92 Å². The molecule has 2 aliphatic rings. The van der Waals surface area contributed by atoms with Crippen LogP contribution in [-0.4, -0.2) is 56.4 Å². The Kier molecular flexibility index (Phi) is 4.18. The van der Waals surface area contributed by atoms with Crippen LogP contribution in [0.1, 0.15) is 31.5 Å². The number of carbonyl (C=O) groups excluding carboxylic acids is 3. The summed E-state index contributed by atoms with van der Waals surface area (Å²) in [6.07, 6.45) is 4.49. The lowest BCUT2D eigenvalue weighted by Gasteiger charge is -2.27. The fourth-order valence-corrected chi connectivity index (χ4v) is 2.83. The van der Waals surface area contributed by atoms with Gasteiger partial charge in [0.2, 0.25) is 0 Å². The van der Waals surface area contributed by atoms with E-state index in [1.807, 2.05) is 4.90 Å². The zero-order valence-electron chi connectivity index (χ0n) is 13.7. The van der Waals surface area contributed by atoms with E-state index >= 15 is 0 Å². The summed E-state index contributed by atoms with van der Waals surface area (Å²) in [4.78, 5) is 46.5. The smallest absolute Gasteiger partial charge is 0.322 e. The number of nitrogens with zero attached hydrogens (tertiary/aromatic N) is 4. The van der Waals surface area contributed by atoms with Crippen LogP contribution in [0.4, 0.5) is 4.79 Å². The van der Waals surface area contributed by atoms with Crippen molar-refractivity contribution < 1.29 is 14.4 Å². The quantitative estimate of drug-likeness (QED) is 0.726. The second kappa shape index (κ2) is 6.16. The maximum absolute atomic E-state index is 12.3. The third-order valence-electron chi connectivity index (χ3n) is 4.52. The van der Waals surface area contributed by atoms with Crippen molar-refractivity contribution in [2.24, 2.45) is 0 Å². The van der Waals surface area contributed by atoms with Crippen molar-refractivity contribution in [2.75, 3.05) is 13.1 Å². The van der Waals surface area contributed by atoms with Crippen LogP contribution in [0.15, 0.2) is 12.5 Å². The molecule has 1 aromatic heterocycles. The standard InChI is InChI=1S/C15H20N6O3/c1-3-15(2)13(23)21(14(24)18-15)19-12(22)8-20-5-4-10-6-16-9-17-11(10)7-20/h6,9H,3-5,7-8H2,1-2H3,(H,18,24)(H,19,22). The summed E-state index contributed by atoms with van der Waals surface area (Å²) in [6, 6.07) is -0.602. The number of hydrazine groups is 1. The molecule has 0 spiro atoms. The second-order valence-electron chi connectivity index (χ2n) is 6.25. The number of rotatable bonds is 4. The van der Waals surface area contributed by atoms with Gasteiger partial charge in [-0.3, -0.25) is 19.9 Å². The minimum absolute atomic E-state index is 0.0866. The number of amides is 4. The van der Waals surface area contributed by atoms with Gasteiger partial charge in [0.25, 0.3) is 11.8 Å². The van der Waals surface area contributed by atoms with E-state index in [2.05, 4.69) is 20.7 Å². The van der Waals surface area contributed by atoms with Crippen molar-refractivity contribution in [1.29, 1.82) is 0 Å². The normalized spacial score (nSPS) is 23.8. The lowest BCUT2D eigenvalue weighted by molar-refractivity contribution is -0.139. The number of nitrogens with one attached hydrogen (secondary N) is 2. The molecule has 2 aliphatic heterocycles. The van der Waals surface area contributed by atoms with E-state index in [4.69, 9.17) is 0 Å². The van der Waals surface area contributed by atoms with Gasteiger partial charge >= 0.3 is 6.03 Å². The predicted octanol–water partition coefficient (Wildman–Crippen LogP) is -0.414. The van der Waals surface area contributed by atoms with E-state index in [1.165, 1.54) is 6.33 Å². The highest BCUT2D eigenvalue weighted by Crippen LogP contribution is 2.19. The van der Waals surface area contributed by atoms with Gasteiger partial charge in [0.15, 0.2) is 0 Å². The topological polar surface area (TPSA) is 108 Å². The highest BCUT2D eigenvalue weighted by atomic mass is 16.2. The number of fused-ring (bicyclic) bond motifs is 1. The lowest BCUT2D eigenvalue weighted by Crippen LogP contribution is -2.51. The van der Waals surface area contributed by atoms with Crippen molar-refractivity contribution in [3.63, 3.8) is 0 Å². The summed E-state index contributed by atoms with van der Waals surface area (Å²) in [5.41, 5.74) is 3.42. The predicted molar refractivity (Wildman–Crippen MR) is 83.2 cm³/mol. The maximum Gasteiger partial charge on any atom is 0.344 e. The summed E-state index contributed by atoms with van der Waals surface area (Å²) in [6.45, 7) is 4.76. The minimum atomic E-state index is -0.967. The van der Waals surface area contributed by atoms with E-state index in [9.17, 15) is 14.4 Å². The average molecular weight is 332 g/mol. The molecule has 0 aromatic carbocycles. The Labute approximate surface area is 139 Å². The van der Waals surface area contributed by atoms with Gasteiger partial charge in [-0.05, 0) is 25.3 Å². The van der Waals surface area contributed by atoms with Gasteiger partial charge in [0, 0.05) is 19.3 Å². The van der Waals surface area contributed by atoms with E-state index in [1.54, 1.807) is 20.0 Å². The van der Waals surface area contributed by atoms with Crippen LogP contribution in [0.2, 0.25) is 0 Å². The minimum Gasteiger partial charge on any atom is -0.322 e. The van der Waals surface area contributed by atoms with E-state index in [0.717, 1.165) is 22.7 Å². The molecule has 1 saturated heterocycles. The second-order valence-corrected chi connectivity index (χ2v) is 6.25. The summed E-state index contributed by atoms with van der Waals surface area (Å²) < 4.78 is 0. The molecule has 128 valence electrons. The molecule has 3 heterocycles. The molecule has 0 radical (unpaired) electrons. The Morgan fingerprint density at radius 1 is 1.46 bits per heavy atom. The largest absolute Gasteiger partial charge is 0.344 e. The molecule has 9 heteroatoms. The van der Waals surface area contributed by atoms with Crippen molar-refractivity contribution in [2.45, 2.75) is 38.8 Å². The fourth-order valence-electron chi connectivity index (χ4n) is 2.83. The van der Waals surface area contributed by atoms with Crippen molar-refractivity contribution >= 4 is 17.8 Å². The molecule has 0 aliphatic carbocycles. The molecule has 0 saturated carbocycles. The molecule has 1 unspecified atom stereocenters. The van der Waals surface area contributed by atoms with Crippen molar-refractivity contribution in [3.8, 4) is 0 Å². The summed E-state index contributed by atoms with van der Waals surface area (Å²) >= 11 is 0. The third kappa shape index (κ3) is 2.94. The first-order chi connectivity index (χ1) is 11.4. The zero-order chi connectivity index (χ0) is 17.3. The van der Waals surface area contributed by atoms with Gasteiger partial charge in [-0.15, -0.1) is 0 Å². The first-order valence-corrected chi connectivity index (χ1v) is 7.89. The molecular formula is C15H20N6O3. The molecule has 4 amide bonds. The molecular weight excluding hydrogens is 312 g/mol. The fraction of sp³-hybridized carbons (Fsp3) is 0.533. The van der Waals surface area contributed by atoms with Crippen LogP contribution >= 0.6 is 0 Å². The Balaban J connectivity index is 1.59. The third-order valence-corrected chi connectivity index (χ3v) is 4.52. The van der Waals surface area contributed by atoms with Crippen LogP contribution in [-0.2, 0) is 22.6 Å². The number of urea groups is 1. The summed E-state index contributed by atoms with van der Waals surface area (Å²) in [7, 11) is 0.